The molecule has 1 aliphatic rings. The standard InChI is InChI=1S/C17H21N7O/c1-4-6-13-8-12(3)9-14(7-5-2)24(13)17(25)15-10-18-20-16(15)23-11-19-21-22-23/h4-5,8,10-11,13-14H,1-2,6-7,9H2,3H3,(H,18,20)/t13-,14-/m0/s1. The number of aromatic amines is 1. The summed E-state index contributed by atoms with van der Waals surface area (Å²) in [5.74, 6) is 0.345. The lowest BCUT2D eigenvalue weighted by Crippen LogP contribution is -2.48. The van der Waals surface area contributed by atoms with Crippen molar-refractivity contribution in [2.24, 2.45) is 0 Å². The summed E-state index contributed by atoms with van der Waals surface area (Å²) >= 11 is 0. The van der Waals surface area contributed by atoms with Gasteiger partial charge in [-0.2, -0.15) is 9.78 Å². The Hall–Kier alpha value is -3.03. The van der Waals surface area contributed by atoms with Gasteiger partial charge < -0.3 is 4.90 Å². The van der Waals surface area contributed by atoms with Gasteiger partial charge >= 0.3 is 0 Å². The van der Waals surface area contributed by atoms with Crippen LogP contribution in [0.4, 0.5) is 0 Å². The zero-order valence-electron chi connectivity index (χ0n) is 14.2. The maximum Gasteiger partial charge on any atom is 0.260 e. The predicted octanol–water partition coefficient (Wildman–Crippen LogP) is 2.07. The van der Waals surface area contributed by atoms with Gasteiger partial charge in [0.25, 0.3) is 5.91 Å². The summed E-state index contributed by atoms with van der Waals surface area (Å²) in [7, 11) is 0. The maximum absolute atomic E-state index is 13.3. The summed E-state index contributed by atoms with van der Waals surface area (Å²) in [5.41, 5.74) is 1.71. The molecule has 1 amide bonds. The Morgan fingerprint density at radius 3 is 2.88 bits per heavy atom. The van der Waals surface area contributed by atoms with Crippen molar-refractivity contribution in [3.63, 3.8) is 0 Å². The van der Waals surface area contributed by atoms with E-state index in [0.29, 0.717) is 17.8 Å². The average Bonchev–Trinajstić information content (AvgIpc) is 3.26. The molecular formula is C17H21N7O. The monoisotopic (exact) mass is 339 g/mol. The number of H-pyrrole nitrogens is 1. The highest BCUT2D eigenvalue weighted by Crippen LogP contribution is 2.29. The predicted molar refractivity (Wildman–Crippen MR) is 93.0 cm³/mol. The third kappa shape index (κ3) is 3.28. The van der Waals surface area contributed by atoms with Gasteiger partial charge in [-0.15, -0.1) is 18.3 Å². The van der Waals surface area contributed by atoms with Gasteiger partial charge in [0.2, 0.25) is 0 Å². The number of hydrogen-bond donors (Lipinski definition) is 1. The van der Waals surface area contributed by atoms with Crippen LogP contribution in [0, 0.1) is 0 Å². The summed E-state index contributed by atoms with van der Waals surface area (Å²) in [6, 6.07) is 0.0110. The third-order valence-corrected chi connectivity index (χ3v) is 4.29. The Morgan fingerprint density at radius 1 is 1.40 bits per heavy atom. The van der Waals surface area contributed by atoms with Crippen LogP contribution < -0.4 is 0 Å². The van der Waals surface area contributed by atoms with Crippen molar-refractivity contribution in [1.29, 1.82) is 0 Å². The summed E-state index contributed by atoms with van der Waals surface area (Å²) in [5, 5.41) is 17.9. The third-order valence-electron chi connectivity index (χ3n) is 4.29. The van der Waals surface area contributed by atoms with E-state index in [1.807, 2.05) is 17.1 Å². The van der Waals surface area contributed by atoms with Gasteiger partial charge in [0.15, 0.2) is 5.82 Å². The van der Waals surface area contributed by atoms with Gasteiger partial charge in [-0.05, 0) is 36.6 Å². The summed E-state index contributed by atoms with van der Waals surface area (Å²) in [6.45, 7) is 9.76. The van der Waals surface area contributed by atoms with E-state index < -0.39 is 0 Å². The van der Waals surface area contributed by atoms with E-state index in [0.717, 1.165) is 12.8 Å². The second kappa shape index (κ2) is 7.25. The highest BCUT2D eigenvalue weighted by atomic mass is 16.2. The highest BCUT2D eigenvalue weighted by molar-refractivity contribution is 5.97. The molecule has 0 saturated carbocycles. The number of rotatable bonds is 6. The van der Waals surface area contributed by atoms with Gasteiger partial charge in [0, 0.05) is 6.04 Å². The van der Waals surface area contributed by atoms with Crippen molar-refractivity contribution in [3.05, 3.63) is 55.0 Å². The second-order valence-electron chi connectivity index (χ2n) is 6.09. The molecule has 0 unspecified atom stereocenters. The fraction of sp³-hybridized carbons (Fsp3) is 0.353. The molecule has 2 aromatic rings. The average molecular weight is 339 g/mol. The van der Waals surface area contributed by atoms with Crippen LogP contribution in [0.25, 0.3) is 5.82 Å². The van der Waals surface area contributed by atoms with Gasteiger partial charge in [0.1, 0.15) is 11.9 Å². The van der Waals surface area contributed by atoms with Crippen LogP contribution in [0.5, 0.6) is 0 Å². The number of nitrogens with one attached hydrogen (secondary N) is 1. The van der Waals surface area contributed by atoms with Crippen LogP contribution in [-0.2, 0) is 0 Å². The molecule has 0 spiro atoms. The van der Waals surface area contributed by atoms with Gasteiger partial charge in [-0.3, -0.25) is 9.89 Å². The number of carbonyl (C=O) groups is 1. The largest absolute Gasteiger partial charge is 0.328 e. The smallest absolute Gasteiger partial charge is 0.260 e. The minimum atomic E-state index is -0.110. The van der Waals surface area contributed by atoms with E-state index >= 15 is 0 Å². The Kier molecular flexibility index (Phi) is 4.87. The van der Waals surface area contributed by atoms with Crippen molar-refractivity contribution in [1.82, 2.24) is 35.3 Å². The molecule has 2 atom stereocenters. The van der Waals surface area contributed by atoms with Crippen LogP contribution in [0.1, 0.15) is 36.5 Å². The van der Waals surface area contributed by atoms with Gasteiger partial charge in [0.05, 0.1) is 12.2 Å². The summed E-state index contributed by atoms with van der Waals surface area (Å²) in [4.78, 5) is 15.2. The van der Waals surface area contributed by atoms with Crippen LogP contribution in [-0.4, -0.2) is 53.3 Å². The lowest BCUT2D eigenvalue weighted by molar-refractivity contribution is 0.0601. The van der Waals surface area contributed by atoms with E-state index in [9.17, 15) is 4.79 Å². The highest BCUT2D eigenvalue weighted by Gasteiger charge is 2.34. The molecule has 3 heterocycles. The van der Waals surface area contributed by atoms with E-state index in [4.69, 9.17) is 0 Å². The molecular weight excluding hydrogens is 318 g/mol. The van der Waals surface area contributed by atoms with E-state index in [2.05, 4.69) is 51.9 Å². The lowest BCUT2D eigenvalue weighted by Gasteiger charge is -2.40. The number of amides is 1. The molecule has 25 heavy (non-hydrogen) atoms. The Balaban J connectivity index is 1.99. The van der Waals surface area contributed by atoms with Gasteiger partial charge in [-0.1, -0.05) is 23.8 Å². The molecule has 0 bridgehead atoms. The molecule has 0 fully saturated rings. The van der Waals surface area contributed by atoms with Crippen LogP contribution in [0.15, 0.2) is 49.5 Å². The molecule has 2 aromatic heterocycles. The minimum Gasteiger partial charge on any atom is -0.328 e. The first kappa shape index (κ1) is 16.8. The Bertz CT molecular complexity index is 790. The lowest BCUT2D eigenvalue weighted by atomic mass is 9.92. The Labute approximate surface area is 145 Å². The zero-order valence-corrected chi connectivity index (χ0v) is 14.2. The maximum atomic E-state index is 13.3. The van der Waals surface area contributed by atoms with E-state index in [-0.39, 0.29) is 18.0 Å². The zero-order chi connectivity index (χ0) is 17.8. The van der Waals surface area contributed by atoms with Crippen LogP contribution in [0.2, 0.25) is 0 Å². The first-order valence-corrected chi connectivity index (χ1v) is 8.14. The molecule has 3 rings (SSSR count). The minimum absolute atomic E-state index is 0.0414. The summed E-state index contributed by atoms with van der Waals surface area (Å²) in [6.07, 6.45) is 11.0. The topological polar surface area (TPSA) is 92.6 Å². The quantitative estimate of drug-likeness (QED) is 0.813. The number of aromatic nitrogens is 6. The number of tetrazole rings is 1. The van der Waals surface area contributed by atoms with Crippen molar-refractivity contribution in [2.75, 3.05) is 0 Å². The van der Waals surface area contributed by atoms with Crippen molar-refractivity contribution in [2.45, 2.75) is 38.3 Å². The first-order chi connectivity index (χ1) is 12.2. The van der Waals surface area contributed by atoms with Crippen molar-refractivity contribution in [3.8, 4) is 5.82 Å². The fourth-order valence-electron chi connectivity index (χ4n) is 3.29. The molecule has 0 radical (unpaired) electrons. The molecule has 1 N–H and O–H groups in total. The van der Waals surface area contributed by atoms with Crippen molar-refractivity contribution >= 4 is 5.91 Å². The number of nitrogens with zero attached hydrogens (tertiary/aromatic N) is 6. The second-order valence-corrected chi connectivity index (χ2v) is 6.09. The normalized spacial score (nSPS) is 20.2. The number of hydrogen-bond acceptors (Lipinski definition) is 5. The molecule has 0 aromatic carbocycles. The first-order valence-electron chi connectivity index (χ1n) is 8.14. The van der Waals surface area contributed by atoms with E-state index in [1.165, 1.54) is 22.8 Å². The molecule has 130 valence electrons. The SMILES string of the molecule is C=CC[C@H]1CC(C)=C[C@H](CC=C)N1C(=O)c1cn[nH]c1-n1cnnn1. The number of carbonyl (C=O) groups excluding carboxylic acids is 1. The molecule has 8 nitrogen and oxygen atoms in total. The molecule has 0 saturated heterocycles. The van der Waals surface area contributed by atoms with Crippen LogP contribution in [0.3, 0.4) is 0 Å². The molecule has 8 heteroatoms. The fourth-order valence-corrected chi connectivity index (χ4v) is 3.29. The van der Waals surface area contributed by atoms with E-state index in [1.54, 1.807) is 0 Å². The van der Waals surface area contributed by atoms with Crippen LogP contribution >= 0.6 is 0 Å². The van der Waals surface area contributed by atoms with Gasteiger partial charge in [-0.25, -0.2) is 0 Å². The molecule has 0 aliphatic carbocycles. The molecule has 1 aliphatic heterocycles. The van der Waals surface area contributed by atoms with Crippen molar-refractivity contribution < 1.29 is 4.79 Å². The summed E-state index contributed by atoms with van der Waals surface area (Å²) < 4.78 is 1.40. The Morgan fingerprint density at radius 2 is 2.20 bits per heavy atom.